The summed E-state index contributed by atoms with van der Waals surface area (Å²) in [6.07, 6.45) is 0. The van der Waals surface area contributed by atoms with Crippen molar-refractivity contribution in [2.45, 2.75) is 20.1 Å². The monoisotopic (exact) mass is 439 g/mol. The number of rotatable bonds is 6. The van der Waals surface area contributed by atoms with Gasteiger partial charge in [-0.15, -0.1) is 0 Å². The number of hydrogen-bond donors (Lipinski definition) is 1. The average molecular weight is 440 g/mol. The highest BCUT2D eigenvalue weighted by molar-refractivity contribution is 6.31. The van der Waals surface area contributed by atoms with Crippen LogP contribution in [0.5, 0.6) is 5.75 Å². The van der Waals surface area contributed by atoms with E-state index in [-0.39, 0.29) is 12.4 Å². The van der Waals surface area contributed by atoms with Crippen LogP contribution in [0.2, 0.25) is 10.0 Å². The first-order valence-electron chi connectivity index (χ1n) is 9.58. The molecule has 0 unspecified atom stereocenters. The van der Waals surface area contributed by atoms with Crippen molar-refractivity contribution in [3.63, 3.8) is 0 Å². The van der Waals surface area contributed by atoms with Gasteiger partial charge in [0.1, 0.15) is 18.2 Å². The number of anilines is 1. The fraction of sp³-hybridized carbons (Fsp3) is 0.120. The van der Waals surface area contributed by atoms with E-state index in [1.807, 2.05) is 49.4 Å². The van der Waals surface area contributed by atoms with Gasteiger partial charge in [-0.25, -0.2) is 4.39 Å². The highest BCUT2D eigenvalue weighted by Crippen LogP contribution is 2.31. The van der Waals surface area contributed by atoms with Gasteiger partial charge in [0.05, 0.1) is 5.02 Å². The van der Waals surface area contributed by atoms with E-state index in [9.17, 15) is 4.39 Å². The smallest absolute Gasteiger partial charge is 0.125 e. The van der Waals surface area contributed by atoms with Gasteiger partial charge in [0.2, 0.25) is 0 Å². The zero-order chi connectivity index (χ0) is 21.1. The number of ether oxygens (including phenoxy) is 1. The Kier molecular flexibility index (Phi) is 6.12. The Labute approximate surface area is 185 Å². The Hall–Kier alpha value is -2.75. The lowest BCUT2D eigenvalue weighted by atomic mass is 10.0. The third kappa shape index (κ3) is 4.53. The van der Waals surface area contributed by atoms with Crippen LogP contribution in [0.3, 0.4) is 0 Å². The third-order valence-electron chi connectivity index (χ3n) is 5.04. The van der Waals surface area contributed by atoms with Crippen molar-refractivity contribution in [2.75, 3.05) is 5.32 Å². The second-order valence-corrected chi connectivity index (χ2v) is 7.92. The molecule has 30 heavy (non-hydrogen) atoms. The zero-order valence-electron chi connectivity index (χ0n) is 16.4. The van der Waals surface area contributed by atoms with E-state index in [1.54, 1.807) is 6.07 Å². The molecular weight excluding hydrogens is 420 g/mol. The van der Waals surface area contributed by atoms with Crippen molar-refractivity contribution in [3.05, 3.63) is 105 Å². The minimum atomic E-state index is -0.365. The van der Waals surface area contributed by atoms with Gasteiger partial charge in [-0.2, -0.15) is 0 Å². The first-order valence-corrected chi connectivity index (χ1v) is 10.3. The predicted octanol–water partition coefficient (Wildman–Crippen LogP) is 7.79. The van der Waals surface area contributed by atoms with Gasteiger partial charge in [0, 0.05) is 28.4 Å². The summed E-state index contributed by atoms with van der Waals surface area (Å²) >= 11 is 12.4. The third-order valence-corrected chi connectivity index (χ3v) is 5.80. The van der Waals surface area contributed by atoms with E-state index in [2.05, 4.69) is 17.4 Å². The topological polar surface area (TPSA) is 21.3 Å². The van der Waals surface area contributed by atoms with Crippen LogP contribution in [0, 0.1) is 12.7 Å². The summed E-state index contributed by atoms with van der Waals surface area (Å²) < 4.78 is 19.4. The average Bonchev–Trinajstić information content (AvgIpc) is 2.74. The Bertz CT molecular complexity index is 1210. The molecule has 0 aliphatic rings. The Morgan fingerprint density at radius 1 is 0.900 bits per heavy atom. The molecule has 4 rings (SSSR count). The lowest BCUT2D eigenvalue weighted by Crippen LogP contribution is -2.05. The molecule has 0 atom stereocenters. The molecule has 2 nitrogen and oxygen atoms in total. The van der Waals surface area contributed by atoms with Crippen LogP contribution < -0.4 is 10.1 Å². The van der Waals surface area contributed by atoms with Gasteiger partial charge < -0.3 is 10.1 Å². The normalized spacial score (nSPS) is 10.9. The summed E-state index contributed by atoms with van der Waals surface area (Å²) in [7, 11) is 0. The molecule has 0 aromatic heterocycles. The van der Waals surface area contributed by atoms with Crippen LogP contribution in [0.25, 0.3) is 10.8 Å². The van der Waals surface area contributed by atoms with Gasteiger partial charge in [0.25, 0.3) is 0 Å². The van der Waals surface area contributed by atoms with Crippen molar-refractivity contribution in [3.8, 4) is 5.75 Å². The van der Waals surface area contributed by atoms with Crippen LogP contribution >= 0.6 is 23.2 Å². The van der Waals surface area contributed by atoms with E-state index in [0.717, 1.165) is 43.9 Å². The molecule has 0 saturated carbocycles. The first kappa shape index (κ1) is 20.5. The molecule has 0 spiro atoms. The molecule has 1 N–H and O–H groups in total. The molecule has 4 aromatic rings. The summed E-state index contributed by atoms with van der Waals surface area (Å²) in [5.74, 6) is 0.385. The first-order chi connectivity index (χ1) is 14.5. The molecule has 0 amide bonds. The van der Waals surface area contributed by atoms with Crippen molar-refractivity contribution in [2.24, 2.45) is 0 Å². The van der Waals surface area contributed by atoms with E-state index < -0.39 is 0 Å². The van der Waals surface area contributed by atoms with Crippen LogP contribution in [-0.2, 0) is 13.2 Å². The Balaban J connectivity index is 1.62. The molecule has 0 heterocycles. The fourth-order valence-electron chi connectivity index (χ4n) is 3.32. The number of benzene rings is 4. The second-order valence-electron chi connectivity index (χ2n) is 7.11. The molecule has 0 aliphatic heterocycles. The largest absolute Gasteiger partial charge is 0.488 e. The second kappa shape index (κ2) is 8.95. The van der Waals surface area contributed by atoms with Crippen LogP contribution in [0.4, 0.5) is 10.1 Å². The maximum Gasteiger partial charge on any atom is 0.125 e. The fourth-order valence-corrected chi connectivity index (χ4v) is 3.72. The summed E-state index contributed by atoms with van der Waals surface area (Å²) in [5, 5.41) is 6.74. The molecule has 4 aromatic carbocycles. The minimum absolute atomic E-state index is 0.251. The number of halogens is 3. The number of nitrogens with one attached hydrogen (secondary N) is 1. The van der Waals surface area contributed by atoms with Crippen LogP contribution in [0.15, 0.2) is 72.8 Å². The SMILES string of the molecule is Cc1ccc(NCc2c(OCc3ccc(F)cc3Cl)ccc3ccccc23)cc1Cl. The number of hydrogen-bond acceptors (Lipinski definition) is 2. The van der Waals surface area contributed by atoms with Gasteiger partial charge >= 0.3 is 0 Å². The molecular formula is C25H20Cl2FNO. The molecule has 0 bridgehead atoms. The van der Waals surface area contributed by atoms with E-state index in [1.165, 1.54) is 12.1 Å². The van der Waals surface area contributed by atoms with Crippen molar-refractivity contribution in [1.82, 2.24) is 0 Å². The summed E-state index contributed by atoms with van der Waals surface area (Å²) in [5.41, 5.74) is 3.73. The van der Waals surface area contributed by atoms with Crippen LogP contribution in [0.1, 0.15) is 16.7 Å². The Morgan fingerprint density at radius 3 is 2.53 bits per heavy atom. The number of aryl methyl sites for hydroxylation is 1. The number of fused-ring (bicyclic) bond motifs is 1. The summed E-state index contributed by atoms with van der Waals surface area (Å²) in [6, 6.07) is 22.4. The van der Waals surface area contributed by atoms with E-state index >= 15 is 0 Å². The molecule has 152 valence electrons. The van der Waals surface area contributed by atoms with Gasteiger partial charge in [0.15, 0.2) is 0 Å². The summed E-state index contributed by atoms with van der Waals surface area (Å²) in [4.78, 5) is 0. The maximum atomic E-state index is 13.3. The van der Waals surface area contributed by atoms with Gasteiger partial charge in [-0.1, -0.05) is 65.7 Å². The standard InChI is InChI=1S/C25H20Cl2FNO/c1-16-6-10-20(13-23(16)26)29-14-22-21-5-3-2-4-17(21)8-11-25(22)30-15-18-7-9-19(28)12-24(18)27/h2-13,29H,14-15H2,1H3. The minimum Gasteiger partial charge on any atom is -0.488 e. The maximum absolute atomic E-state index is 13.3. The molecule has 0 radical (unpaired) electrons. The predicted molar refractivity (Wildman–Crippen MR) is 123 cm³/mol. The lowest BCUT2D eigenvalue weighted by Gasteiger charge is -2.16. The molecule has 0 saturated heterocycles. The molecule has 0 fully saturated rings. The highest BCUT2D eigenvalue weighted by Gasteiger charge is 2.11. The zero-order valence-corrected chi connectivity index (χ0v) is 17.9. The van der Waals surface area contributed by atoms with Gasteiger partial charge in [-0.3, -0.25) is 0 Å². The van der Waals surface area contributed by atoms with E-state index in [4.69, 9.17) is 27.9 Å². The van der Waals surface area contributed by atoms with Crippen molar-refractivity contribution >= 4 is 39.7 Å². The van der Waals surface area contributed by atoms with Gasteiger partial charge in [-0.05, 0) is 53.6 Å². The quantitative estimate of drug-likeness (QED) is 0.331. The molecule has 0 aliphatic carbocycles. The summed E-state index contributed by atoms with van der Waals surface area (Å²) in [6.45, 7) is 2.79. The van der Waals surface area contributed by atoms with E-state index in [0.29, 0.717) is 11.6 Å². The Morgan fingerprint density at radius 2 is 1.73 bits per heavy atom. The van der Waals surface area contributed by atoms with Crippen molar-refractivity contribution < 1.29 is 9.13 Å². The lowest BCUT2D eigenvalue weighted by molar-refractivity contribution is 0.304. The highest BCUT2D eigenvalue weighted by atomic mass is 35.5. The van der Waals surface area contributed by atoms with Crippen LogP contribution in [-0.4, -0.2) is 0 Å². The van der Waals surface area contributed by atoms with Crippen molar-refractivity contribution in [1.29, 1.82) is 0 Å². The molecule has 5 heteroatoms.